The van der Waals surface area contributed by atoms with Gasteiger partial charge in [-0.25, -0.2) is 0 Å². The summed E-state index contributed by atoms with van der Waals surface area (Å²) in [7, 11) is 0. The maximum atomic E-state index is 6.17. The van der Waals surface area contributed by atoms with Gasteiger partial charge in [-0.3, -0.25) is 0 Å². The number of nitrogens with two attached hydrogens (primary N) is 1. The Morgan fingerprint density at radius 1 is 1.14 bits per heavy atom. The Morgan fingerprint density at radius 2 is 1.86 bits per heavy atom. The number of fused-ring (bicyclic) bond motifs is 1. The summed E-state index contributed by atoms with van der Waals surface area (Å²) < 4.78 is 0. The Bertz CT molecular complexity index is 341. The van der Waals surface area contributed by atoms with E-state index < -0.39 is 0 Å². The lowest BCUT2D eigenvalue weighted by molar-refractivity contribution is 0.615. The van der Waals surface area contributed by atoms with Crippen molar-refractivity contribution in [1.29, 1.82) is 0 Å². The number of rotatable bonds is 0. The predicted molar refractivity (Wildman–Crippen MR) is 60.4 cm³/mol. The van der Waals surface area contributed by atoms with E-state index in [0.717, 1.165) is 6.42 Å². The van der Waals surface area contributed by atoms with Crippen LogP contribution < -0.4 is 5.73 Å². The van der Waals surface area contributed by atoms with Crippen molar-refractivity contribution >= 4 is 0 Å². The van der Waals surface area contributed by atoms with Crippen LogP contribution in [0.2, 0.25) is 0 Å². The van der Waals surface area contributed by atoms with Gasteiger partial charge < -0.3 is 5.73 Å². The van der Waals surface area contributed by atoms with Gasteiger partial charge >= 0.3 is 0 Å². The predicted octanol–water partition coefficient (Wildman–Crippen LogP) is 3.03. The quantitative estimate of drug-likeness (QED) is 0.624. The van der Waals surface area contributed by atoms with Crippen molar-refractivity contribution in [3.05, 3.63) is 34.4 Å². The van der Waals surface area contributed by atoms with E-state index >= 15 is 0 Å². The molecule has 2 rings (SSSR count). The minimum Gasteiger partial charge on any atom is -0.324 e. The first-order valence-electron chi connectivity index (χ1n) is 5.54. The largest absolute Gasteiger partial charge is 0.324 e. The third-order valence-electron chi connectivity index (χ3n) is 3.37. The first-order chi connectivity index (χ1) is 6.68. The molecule has 0 heterocycles. The highest BCUT2D eigenvalue weighted by Gasteiger charge is 2.15. The number of hydrogen-bond donors (Lipinski definition) is 1. The Kier molecular flexibility index (Phi) is 2.60. The molecule has 0 unspecified atom stereocenters. The summed E-state index contributed by atoms with van der Waals surface area (Å²) in [6.45, 7) is 4.36. The van der Waals surface area contributed by atoms with Crippen LogP contribution in [0.15, 0.2) is 12.1 Å². The highest BCUT2D eigenvalue weighted by atomic mass is 14.6. The topological polar surface area (TPSA) is 26.0 Å². The zero-order valence-corrected chi connectivity index (χ0v) is 9.14. The zero-order valence-electron chi connectivity index (χ0n) is 9.14. The van der Waals surface area contributed by atoms with E-state index in [0.29, 0.717) is 0 Å². The van der Waals surface area contributed by atoms with Crippen molar-refractivity contribution in [2.45, 2.75) is 45.6 Å². The average molecular weight is 189 g/mol. The van der Waals surface area contributed by atoms with E-state index in [-0.39, 0.29) is 6.04 Å². The summed E-state index contributed by atoms with van der Waals surface area (Å²) in [6, 6.07) is 4.89. The molecule has 1 atom stereocenters. The summed E-state index contributed by atoms with van der Waals surface area (Å²) in [5.41, 5.74) is 11.8. The lowest BCUT2D eigenvalue weighted by Gasteiger charge is -2.14. The van der Waals surface area contributed by atoms with Crippen LogP contribution in [0.4, 0.5) is 0 Å². The van der Waals surface area contributed by atoms with Crippen molar-refractivity contribution in [2.24, 2.45) is 5.73 Å². The van der Waals surface area contributed by atoms with Gasteiger partial charge in [-0.1, -0.05) is 18.6 Å². The maximum Gasteiger partial charge on any atom is 0.0297 e. The van der Waals surface area contributed by atoms with Crippen LogP contribution in [-0.2, 0) is 6.42 Å². The standard InChI is InChI=1S/C13H19N/c1-9-7-11-5-3-4-6-13(14)12(11)8-10(9)2/h7-8,13H,3-6,14H2,1-2H3/t13-/m1/s1. The maximum absolute atomic E-state index is 6.17. The second-order valence-corrected chi connectivity index (χ2v) is 4.49. The van der Waals surface area contributed by atoms with Crippen molar-refractivity contribution in [3.63, 3.8) is 0 Å². The first kappa shape index (κ1) is 9.72. The van der Waals surface area contributed by atoms with Crippen molar-refractivity contribution in [2.75, 3.05) is 0 Å². The van der Waals surface area contributed by atoms with Crippen LogP contribution in [0.1, 0.15) is 47.6 Å². The highest BCUT2D eigenvalue weighted by Crippen LogP contribution is 2.28. The smallest absolute Gasteiger partial charge is 0.0297 e. The Balaban J connectivity index is 2.49. The van der Waals surface area contributed by atoms with E-state index in [9.17, 15) is 0 Å². The van der Waals surface area contributed by atoms with Crippen molar-refractivity contribution < 1.29 is 0 Å². The highest BCUT2D eigenvalue weighted by molar-refractivity contribution is 5.39. The van der Waals surface area contributed by atoms with E-state index in [2.05, 4.69) is 26.0 Å². The van der Waals surface area contributed by atoms with Crippen molar-refractivity contribution in [3.8, 4) is 0 Å². The Morgan fingerprint density at radius 3 is 2.64 bits per heavy atom. The second-order valence-electron chi connectivity index (χ2n) is 4.49. The summed E-state index contributed by atoms with van der Waals surface area (Å²) in [5.74, 6) is 0. The summed E-state index contributed by atoms with van der Waals surface area (Å²) in [6.07, 6.45) is 4.93. The van der Waals surface area contributed by atoms with Gasteiger partial charge in [-0.2, -0.15) is 0 Å². The molecule has 0 saturated heterocycles. The van der Waals surface area contributed by atoms with Gasteiger partial charge in [-0.15, -0.1) is 0 Å². The molecule has 14 heavy (non-hydrogen) atoms. The number of aryl methyl sites for hydroxylation is 3. The van der Waals surface area contributed by atoms with Crippen molar-refractivity contribution in [1.82, 2.24) is 0 Å². The lowest BCUT2D eigenvalue weighted by atomic mass is 9.94. The molecule has 0 fully saturated rings. The Hall–Kier alpha value is -0.820. The van der Waals surface area contributed by atoms with E-state index in [1.165, 1.54) is 41.5 Å². The molecule has 0 aromatic heterocycles. The Labute approximate surface area is 86.3 Å². The fourth-order valence-corrected chi connectivity index (χ4v) is 2.30. The molecule has 0 radical (unpaired) electrons. The summed E-state index contributed by atoms with van der Waals surface area (Å²) in [4.78, 5) is 0. The van der Waals surface area contributed by atoms with Gasteiger partial charge in [-0.05, 0) is 55.4 Å². The molecule has 1 nitrogen and oxygen atoms in total. The van der Waals surface area contributed by atoms with Crippen LogP contribution in [0.3, 0.4) is 0 Å². The molecule has 1 heteroatoms. The van der Waals surface area contributed by atoms with Gasteiger partial charge in [0.05, 0.1) is 0 Å². The average Bonchev–Trinajstić information content (AvgIpc) is 2.31. The molecule has 1 aliphatic carbocycles. The molecule has 0 saturated carbocycles. The molecule has 0 amide bonds. The lowest BCUT2D eigenvalue weighted by Crippen LogP contribution is -2.11. The van der Waals surface area contributed by atoms with E-state index in [1.807, 2.05) is 0 Å². The van der Waals surface area contributed by atoms with Crippen LogP contribution in [-0.4, -0.2) is 0 Å². The molecule has 76 valence electrons. The van der Waals surface area contributed by atoms with Gasteiger partial charge in [0.1, 0.15) is 0 Å². The third kappa shape index (κ3) is 1.69. The number of hydrogen-bond acceptors (Lipinski definition) is 1. The minimum atomic E-state index is 0.270. The van der Waals surface area contributed by atoms with Gasteiger partial charge in [0.2, 0.25) is 0 Å². The monoisotopic (exact) mass is 189 g/mol. The minimum absolute atomic E-state index is 0.270. The van der Waals surface area contributed by atoms with E-state index in [1.54, 1.807) is 0 Å². The van der Waals surface area contributed by atoms with Gasteiger partial charge in [0, 0.05) is 6.04 Å². The molecule has 1 aliphatic rings. The van der Waals surface area contributed by atoms with Crippen LogP contribution >= 0.6 is 0 Å². The van der Waals surface area contributed by atoms with Crippen LogP contribution in [0.5, 0.6) is 0 Å². The fourth-order valence-electron chi connectivity index (χ4n) is 2.30. The number of benzene rings is 1. The fraction of sp³-hybridized carbons (Fsp3) is 0.538. The molecular weight excluding hydrogens is 170 g/mol. The van der Waals surface area contributed by atoms with Gasteiger partial charge in [0.15, 0.2) is 0 Å². The normalized spacial score (nSPS) is 21.5. The molecule has 1 aromatic rings. The second kappa shape index (κ2) is 3.74. The molecular formula is C13H19N. The molecule has 0 bridgehead atoms. The molecule has 0 spiro atoms. The summed E-state index contributed by atoms with van der Waals surface area (Å²) >= 11 is 0. The van der Waals surface area contributed by atoms with Gasteiger partial charge in [0.25, 0.3) is 0 Å². The van der Waals surface area contributed by atoms with Crippen LogP contribution in [0, 0.1) is 13.8 Å². The molecule has 0 aliphatic heterocycles. The molecule has 1 aromatic carbocycles. The van der Waals surface area contributed by atoms with Crippen LogP contribution in [0.25, 0.3) is 0 Å². The zero-order chi connectivity index (χ0) is 10.1. The summed E-state index contributed by atoms with van der Waals surface area (Å²) in [5, 5.41) is 0. The van der Waals surface area contributed by atoms with E-state index in [4.69, 9.17) is 5.73 Å². The molecule has 2 N–H and O–H groups in total. The SMILES string of the molecule is Cc1cc2c(cc1C)[C@H](N)CCCC2. The third-order valence-corrected chi connectivity index (χ3v) is 3.37. The first-order valence-corrected chi connectivity index (χ1v) is 5.54.